The first-order chi connectivity index (χ1) is 14.2. The highest BCUT2D eigenvalue weighted by molar-refractivity contribution is 5.70. The van der Waals surface area contributed by atoms with Gasteiger partial charge < -0.3 is 0 Å². The van der Waals surface area contributed by atoms with Crippen LogP contribution in [0.15, 0.2) is 49.1 Å². The molecule has 0 heterocycles. The number of fused-ring (bicyclic) bond motifs is 2. The second-order valence-corrected chi connectivity index (χ2v) is 10.1. The van der Waals surface area contributed by atoms with Gasteiger partial charge in [-0.15, -0.1) is 0 Å². The zero-order valence-electron chi connectivity index (χ0n) is 20.2. The third-order valence-corrected chi connectivity index (χ3v) is 7.06. The molecule has 0 bridgehead atoms. The summed E-state index contributed by atoms with van der Waals surface area (Å²) in [7, 11) is 0. The number of rotatable bonds is 2. The Hall–Kier alpha value is -2.08. The van der Waals surface area contributed by atoms with Gasteiger partial charge in [0.25, 0.3) is 0 Å². The summed E-state index contributed by atoms with van der Waals surface area (Å²) in [5.41, 5.74) is 11.5. The van der Waals surface area contributed by atoms with Crippen LogP contribution in [0.1, 0.15) is 99.1 Å². The summed E-state index contributed by atoms with van der Waals surface area (Å²) >= 11 is 0. The monoisotopic (exact) mass is 400 g/mol. The predicted octanol–water partition coefficient (Wildman–Crippen LogP) is 9.08. The van der Waals surface area contributed by atoms with Crippen LogP contribution >= 0.6 is 0 Å². The second-order valence-electron chi connectivity index (χ2n) is 10.1. The van der Waals surface area contributed by atoms with Gasteiger partial charge >= 0.3 is 0 Å². The Morgan fingerprint density at radius 1 is 0.767 bits per heavy atom. The van der Waals surface area contributed by atoms with Gasteiger partial charge in [0.2, 0.25) is 0 Å². The summed E-state index contributed by atoms with van der Waals surface area (Å²) in [6, 6.07) is 13.7. The second kappa shape index (κ2) is 9.38. The maximum atomic E-state index is 4.18. The van der Waals surface area contributed by atoms with Crippen molar-refractivity contribution in [3.8, 4) is 0 Å². The summed E-state index contributed by atoms with van der Waals surface area (Å²) in [5, 5.41) is 0. The van der Waals surface area contributed by atoms with Gasteiger partial charge in [-0.1, -0.05) is 87.9 Å². The van der Waals surface area contributed by atoms with Crippen LogP contribution in [0.25, 0.3) is 11.1 Å². The average Bonchev–Trinajstić information content (AvgIpc) is 2.68. The van der Waals surface area contributed by atoms with E-state index in [1.165, 1.54) is 58.2 Å². The quantitative estimate of drug-likeness (QED) is 0.471. The van der Waals surface area contributed by atoms with Gasteiger partial charge in [-0.2, -0.15) is 0 Å². The molecule has 0 saturated carbocycles. The van der Waals surface area contributed by atoms with E-state index in [1.54, 1.807) is 5.56 Å². The molecule has 2 unspecified atom stereocenters. The van der Waals surface area contributed by atoms with E-state index in [0.29, 0.717) is 5.92 Å². The minimum Gasteiger partial charge on any atom is -0.0952 e. The number of allylic oxidation sites excluding steroid dienone is 3. The Bertz CT molecular complexity index is 930. The van der Waals surface area contributed by atoms with Crippen molar-refractivity contribution in [2.24, 2.45) is 11.8 Å². The molecule has 0 nitrogen and oxygen atoms in total. The van der Waals surface area contributed by atoms with Crippen molar-refractivity contribution < 1.29 is 0 Å². The van der Waals surface area contributed by atoms with Crippen LogP contribution in [0.4, 0.5) is 0 Å². The minimum absolute atomic E-state index is 0.712. The standard InChI is InChI=1S/2C15H20/c2*1-10(2)13-8-6-12(4)14-7-5-11(3)9-15(13)14/h5-7,9-10,13H,8H2,1-4H3;5,7,9-10,13H,4,6,8H2,1-3H3. The molecule has 0 N–H and O–H groups in total. The van der Waals surface area contributed by atoms with Gasteiger partial charge in [-0.3, -0.25) is 0 Å². The molecule has 4 rings (SSSR count). The summed E-state index contributed by atoms with van der Waals surface area (Å²) in [6.45, 7) is 20.1. The molecule has 0 radical (unpaired) electrons. The van der Waals surface area contributed by atoms with Gasteiger partial charge in [0, 0.05) is 0 Å². The molecule has 0 amide bonds. The van der Waals surface area contributed by atoms with Crippen molar-refractivity contribution in [2.45, 2.75) is 79.6 Å². The molecule has 160 valence electrons. The average molecular weight is 401 g/mol. The molecule has 0 fully saturated rings. The number of hydrogen-bond donors (Lipinski definition) is 0. The SMILES string of the molecule is C=C1CCC(C(C)C)c2cc(C)ccc21.CC1=CCC(C(C)C)c2cc(C)ccc21. The van der Waals surface area contributed by atoms with Crippen molar-refractivity contribution in [3.05, 3.63) is 82.4 Å². The molecule has 0 aromatic heterocycles. The van der Waals surface area contributed by atoms with Crippen LogP contribution in [-0.4, -0.2) is 0 Å². The lowest BCUT2D eigenvalue weighted by atomic mass is 9.75. The highest BCUT2D eigenvalue weighted by atomic mass is 14.3. The molecule has 0 aliphatic heterocycles. The van der Waals surface area contributed by atoms with Crippen molar-refractivity contribution >= 4 is 11.1 Å². The van der Waals surface area contributed by atoms with Gasteiger partial charge in [0.05, 0.1) is 0 Å². The van der Waals surface area contributed by atoms with E-state index < -0.39 is 0 Å². The van der Waals surface area contributed by atoms with Crippen LogP contribution in [0.5, 0.6) is 0 Å². The van der Waals surface area contributed by atoms with E-state index >= 15 is 0 Å². The van der Waals surface area contributed by atoms with Crippen LogP contribution in [-0.2, 0) is 0 Å². The lowest BCUT2D eigenvalue weighted by molar-refractivity contribution is 0.464. The van der Waals surface area contributed by atoms with Gasteiger partial charge in [-0.05, 0) is 97.1 Å². The van der Waals surface area contributed by atoms with Gasteiger partial charge in [-0.25, -0.2) is 0 Å². The maximum Gasteiger partial charge on any atom is -0.00980 e. The highest BCUT2D eigenvalue weighted by Crippen LogP contribution is 2.41. The van der Waals surface area contributed by atoms with Crippen molar-refractivity contribution in [3.63, 3.8) is 0 Å². The predicted molar refractivity (Wildman–Crippen MR) is 134 cm³/mol. The first-order valence-electron chi connectivity index (χ1n) is 11.8. The van der Waals surface area contributed by atoms with E-state index in [0.717, 1.165) is 17.8 Å². The molecule has 2 atom stereocenters. The largest absolute Gasteiger partial charge is 0.0952 e. The van der Waals surface area contributed by atoms with E-state index in [-0.39, 0.29) is 0 Å². The fraction of sp³-hybridized carbons (Fsp3) is 0.467. The molecule has 2 aliphatic carbocycles. The van der Waals surface area contributed by atoms with E-state index in [9.17, 15) is 0 Å². The van der Waals surface area contributed by atoms with Crippen LogP contribution in [0.2, 0.25) is 0 Å². The van der Waals surface area contributed by atoms with Crippen molar-refractivity contribution in [2.75, 3.05) is 0 Å². The van der Waals surface area contributed by atoms with Crippen LogP contribution < -0.4 is 0 Å². The molecular formula is C30H40. The molecule has 0 spiro atoms. The lowest BCUT2D eigenvalue weighted by Gasteiger charge is -2.30. The van der Waals surface area contributed by atoms with Crippen LogP contribution in [0, 0.1) is 25.7 Å². The van der Waals surface area contributed by atoms with E-state index in [1.807, 2.05) is 0 Å². The molecule has 0 saturated heterocycles. The Balaban J connectivity index is 0.000000171. The number of benzene rings is 2. The van der Waals surface area contributed by atoms with Crippen molar-refractivity contribution in [1.29, 1.82) is 0 Å². The van der Waals surface area contributed by atoms with E-state index in [4.69, 9.17) is 0 Å². The third kappa shape index (κ3) is 4.80. The Kier molecular flexibility index (Phi) is 7.06. The molecule has 2 aromatic carbocycles. The smallest absolute Gasteiger partial charge is 0.00980 e. The number of aryl methyl sites for hydroxylation is 2. The minimum atomic E-state index is 0.712. The highest BCUT2D eigenvalue weighted by Gasteiger charge is 2.24. The fourth-order valence-corrected chi connectivity index (χ4v) is 5.14. The maximum absolute atomic E-state index is 4.18. The molecular weight excluding hydrogens is 360 g/mol. The fourth-order valence-electron chi connectivity index (χ4n) is 5.14. The van der Waals surface area contributed by atoms with Gasteiger partial charge in [0.1, 0.15) is 0 Å². The summed E-state index contributed by atoms with van der Waals surface area (Å²) in [5.74, 6) is 2.91. The zero-order valence-corrected chi connectivity index (χ0v) is 20.2. The Morgan fingerprint density at radius 2 is 1.30 bits per heavy atom. The van der Waals surface area contributed by atoms with E-state index in [2.05, 4.69) is 97.5 Å². The molecule has 2 aromatic rings. The topological polar surface area (TPSA) is 0 Å². The van der Waals surface area contributed by atoms with Crippen LogP contribution in [0.3, 0.4) is 0 Å². The normalized spacial score (nSPS) is 20.3. The first kappa shape index (κ1) is 22.6. The molecule has 0 heteroatoms. The Morgan fingerprint density at radius 3 is 1.87 bits per heavy atom. The van der Waals surface area contributed by atoms with Gasteiger partial charge in [0.15, 0.2) is 0 Å². The summed E-state index contributed by atoms with van der Waals surface area (Å²) in [4.78, 5) is 0. The zero-order chi connectivity index (χ0) is 22.0. The number of hydrogen-bond acceptors (Lipinski definition) is 0. The Labute approximate surface area is 185 Å². The third-order valence-electron chi connectivity index (χ3n) is 7.06. The lowest BCUT2D eigenvalue weighted by Crippen LogP contribution is -2.14. The summed E-state index contributed by atoms with van der Waals surface area (Å²) in [6.07, 6.45) is 6.04. The molecule has 2 aliphatic rings. The first-order valence-corrected chi connectivity index (χ1v) is 11.8. The molecule has 30 heavy (non-hydrogen) atoms. The summed E-state index contributed by atoms with van der Waals surface area (Å²) < 4.78 is 0. The van der Waals surface area contributed by atoms with Crippen molar-refractivity contribution in [1.82, 2.24) is 0 Å².